The van der Waals surface area contributed by atoms with Crippen LogP contribution in [0.5, 0.6) is 0 Å². The Morgan fingerprint density at radius 1 is 1.25 bits per heavy atom. The molecule has 2 aromatic rings. The molecule has 5 heteroatoms. The predicted octanol–water partition coefficient (Wildman–Crippen LogP) is 1.32. The van der Waals surface area contributed by atoms with E-state index >= 15 is 0 Å². The topological polar surface area (TPSA) is 80.9 Å². The number of nitrogens with two attached hydrogens (primary N) is 1. The highest BCUT2D eigenvalue weighted by molar-refractivity contribution is 5.97. The van der Waals surface area contributed by atoms with Crippen LogP contribution in [0, 0.1) is 0 Å². The number of primary amides is 1. The number of benzene rings is 1. The lowest BCUT2D eigenvalue weighted by molar-refractivity contribution is 0.100. The van der Waals surface area contributed by atoms with Crippen molar-refractivity contribution < 1.29 is 4.79 Å². The van der Waals surface area contributed by atoms with E-state index in [-0.39, 0.29) is 5.56 Å². The SMILES string of the molecule is NC(=O)c1cncnc1Nc1ccccc1. The van der Waals surface area contributed by atoms with Crippen LogP contribution in [0.25, 0.3) is 0 Å². The second-order valence-corrected chi connectivity index (χ2v) is 3.14. The molecule has 1 aromatic carbocycles. The Labute approximate surface area is 92.3 Å². The van der Waals surface area contributed by atoms with Gasteiger partial charge in [-0.1, -0.05) is 18.2 Å². The third-order valence-electron chi connectivity index (χ3n) is 2.01. The van der Waals surface area contributed by atoms with Gasteiger partial charge in [0.25, 0.3) is 5.91 Å². The Hall–Kier alpha value is -2.43. The van der Waals surface area contributed by atoms with Crippen LogP contribution in [0.2, 0.25) is 0 Å². The van der Waals surface area contributed by atoms with E-state index < -0.39 is 5.91 Å². The summed E-state index contributed by atoms with van der Waals surface area (Å²) in [5.41, 5.74) is 6.32. The lowest BCUT2D eigenvalue weighted by Crippen LogP contribution is -2.14. The van der Waals surface area contributed by atoms with Gasteiger partial charge in [-0.3, -0.25) is 4.79 Å². The molecule has 0 saturated carbocycles. The molecule has 16 heavy (non-hydrogen) atoms. The summed E-state index contributed by atoms with van der Waals surface area (Å²) >= 11 is 0. The molecule has 5 nitrogen and oxygen atoms in total. The van der Waals surface area contributed by atoms with Gasteiger partial charge in [0.1, 0.15) is 17.7 Å². The van der Waals surface area contributed by atoms with Crippen molar-refractivity contribution in [3.63, 3.8) is 0 Å². The first-order chi connectivity index (χ1) is 7.77. The third-order valence-corrected chi connectivity index (χ3v) is 2.01. The first-order valence-electron chi connectivity index (χ1n) is 4.69. The Morgan fingerprint density at radius 3 is 2.69 bits per heavy atom. The van der Waals surface area contributed by atoms with Crippen LogP contribution in [0.4, 0.5) is 11.5 Å². The fourth-order valence-corrected chi connectivity index (χ4v) is 1.27. The molecule has 0 aliphatic heterocycles. The summed E-state index contributed by atoms with van der Waals surface area (Å²) < 4.78 is 0. The monoisotopic (exact) mass is 214 g/mol. The van der Waals surface area contributed by atoms with Gasteiger partial charge in [0.15, 0.2) is 0 Å². The normalized spacial score (nSPS) is 9.75. The minimum absolute atomic E-state index is 0.270. The van der Waals surface area contributed by atoms with Gasteiger partial charge in [-0.25, -0.2) is 9.97 Å². The molecule has 3 N–H and O–H groups in total. The molecule has 2 rings (SSSR count). The highest BCUT2D eigenvalue weighted by Crippen LogP contribution is 2.16. The minimum atomic E-state index is -0.556. The number of rotatable bonds is 3. The number of nitrogens with one attached hydrogen (secondary N) is 1. The zero-order chi connectivity index (χ0) is 11.4. The highest BCUT2D eigenvalue weighted by atomic mass is 16.1. The van der Waals surface area contributed by atoms with E-state index in [1.807, 2.05) is 30.3 Å². The van der Waals surface area contributed by atoms with Crippen molar-refractivity contribution in [1.82, 2.24) is 9.97 Å². The number of para-hydroxylation sites is 1. The van der Waals surface area contributed by atoms with Gasteiger partial charge in [0, 0.05) is 11.9 Å². The molecule has 80 valence electrons. The Kier molecular flexibility index (Phi) is 2.77. The minimum Gasteiger partial charge on any atom is -0.365 e. The number of aromatic nitrogens is 2. The molecular formula is C11H10N4O. The number of anilines is 2. The maximum atomic E-state index is 11.1. The largest absolute Gasteiger partial charge is 0.365 e. The number of hydrogen-bond donors (Lipinski definition) is 2. The molecule has 1 amide bonds. The molecule has 0 saturated heterocycles. The van der Waals surface area contributed by atoms with E-state index in [0.29, 0.717) is 5.82 Å². The van der Waals surface area contributed by atoms with Gasteiger partial charge in [0.05, 0.1) is 0 Å². The molecule has 0 bridgehead atoms. The summed E-state index contributed by atoms with van der Waals surface area (Å²) in [6.45, 7) is 0. The Morgan fingerprint density at radius 2 is 2.00 bits per heavy atom. The highest BCUT2D eigenvalue weighted by Gasteiger charge is 2.08. The molecule has 0 atom stereocenters. The van der Waals surface area contributed by atoms with Gasteiger partial charge < -0.3 is 11.1 Å². The van der Waals surface area contributed by atoms with E-state index in [1.54, 1.807) is 0 Å². The molecular weight excluding hydrogens is 204 g/mol. The summed E-state index contributed by atoms with van der Waals surface area (Å²) in [5.74, 6) is -0.146. The zero-order valence-corrected chi connectivity index (χ0v) is 8.42. The van der Waals surface area contributed by atoms with Crippen LogP contribution in [-0.2, 0) is 0 Å². The molecule has 1 heterocycles. The molecule has 0 aliphatic rings. The van der Waals surface area contributed by atoms with Crippen molar-refractivity contribution in [2.24, 2.45) is 5.73 Å². The predicted molar refractivity (Wildman–Crippen MR) is 60.3 cm³/mol. The van der Waals surface area contributed by atoms with Crippen LogP contribution in [-0.4, -0.2) is 15.9 Å². The third kappa shape index (κ3) is 2.14. The number of nitrogens with zero attached hydrogens (tertiary/aromatic N) is 2. The van der Waals surface area contributed by atoms with Crippen LogP contribution in [0.15, 0.2) is 42.9 Å². The molecule has 0 fully saturated rings. The molecule has 0 spiro atoms. The zero-order valence-electron chi connectivity index (χ0n) is 8.42. The van der Waals surface area contributed by atoms with Gasteiger partial charge in [-0.2, -0.15) is 0 Å². The summed E-state index contributed by atoms with van der Waals surface area (Å²) in [4.78, 5) is 18.8. The van der Waals surface area contributed by atoms with Gasteiger partial charge in [-0.05, 0) is 12.1 Å². The number of carbonyl (C=O) groups is 1. The van der Waals surface area contributed by atoms with Crippen molar-refractivity contribution in [1.29, 1.82) is 0 Å². The second kappa shape index (κ2) is 4.39. The lowest BCUT2D eigenvalue weighted by Gasteiger charge is -2.07. The van der Waals surface area contributed by atoms with Gasteiger partial charge in [0.2, 0.25) is 0 Å². The van der Waals surface area contributed by atoms with Crippen molar-refractivity contribution in [2.75, 3.05) is 5.32 Å². The Balaban J connectivity index is 2.31. The fourth-order valence-electron chi connectivity index (χ4n) is 1.27. The quantitative estimate of drug-likeness (QED) is 0.807. The van der Waals surface area contributed by atoms with Gasteiger partial charge in [-0.15, -0.1) is 0 Å². The second-order valence-electron chi connectivity index (χ2n) is 3.14. The Bertz CT molecular complexity index is 498. The number of hydrogen-bond acceptors (Lipinski definition) is 4. The first-order valence-corrected chi connectivity index (χ1v) is 4.69. The molecule has 0 radical (unpaired) electrons. The maximum absolute atomic E-state index is 11.1. The lowest BCUT2D eigenvalue weighted by atomic mass is 10.2. The summed E-state index contributed by atoms with van der Waals surface area (Å²) in [6.07, 6.45) is 2.75. The van der Waals surface area contributed by atoms with E-state index in [0.717, 1.165) is 5.69 Å². The first kappa shape index (κ1) is 10.1. The molecule has 1 aromatic heterocycles. The van der Waals surface area contributed by atoms with Crippen LogP contribution in [0.3, 0.4) is 0 Å². The van der Waals surface area contributed by atoms with Crippen molar-refractivity contribution in [3.8, 4) is 0 Å². The average Bonchev–Trinajstić information content (AvgIpc) is 2.31. The van der Waals surface area contributed by atoms with E-state index in [1.165, 1.54) is 12.5 Å². The summed E-state index contributed by atoms with van der Waals surface area (Å²) in [7, 11) is 0. The maximum Gasteiger partial charge on any atom is 0.254 e. The van der Waals surface area contributed by atoms with Crippen LogP contribution < -0.4 is 11.1 Å². The van der Waals surface area contributed by atoms with Crippen LogP contribution in [0.1, 0.15) is 10.4 Å². The van der Waals surface area contributed by atoms with E-state index in [4.69, 9.17) is 5.73 Å². The number of amides is 1. The fraction of sp³-hybridized carbons (Fsp3) is 0. The standard InChI is InChI=1S/C11H10N4O/c12-10(16)9-6-13-7-14-11(9)15-8-4-2-1-3-5-8/h1-7H,(H2,12,16)(H,13,14,15). The number of carbonyl (C=O) groups excluding carboxylic acids is 1. The molecule has 0 unspecified atom stereocenters. The van der Waals surface area contributed by atoms with Crippen molar-refractivity contribution in [2.45, 2.75) is 0 Å². The van der Waals surface area contributed by atoms with Gasteiger partial charge >= 0.3 is 0 Å². The van der Waals surface area contributed by atoms with Crippen molar-refractivity contribution >= 4 is 17.4 Å². The summed E-state index contributed by atoms with van der Waals surface area (Å²) in [6, 6.07) is 9.40. The summed E-state index contributed by atoms with van der Waals surface area (Å²) in [5, 5.41) is 3.00. The van der Waals surface area contributed by atoms with E-state index in [2.05, 4.69) is 15.3 Å². The van der Waals surface area contributed by atoms with Crippen molar-refractivity contribution in [3.05, 3.63) is 48.4 Å². The van der Waals surface area contributed by atoms with Crippen LogP contribution >= 0.6 is 0 Å². The molecule has 0 aliphatic carbocycles. The smallest absolute Gasteiger partial charge is 0.254 e. The average molecular weight is 214 g/mol. The van der Waals surface area contributed by atoms with E-state index in [9.17, 15) is 4.79 Å².